The van der Waals surface area contributed by atoms with Gasteiger partial charge in [-0.2, -0.15) is 0 Å². The van der Waals surface area contributed by atoms with Crippen LogP contribution >= 0.6 is 0 Å². The average Bonchev–Trinajstić information content (AvgIpc) is 2.46. The Morgan fingerprint density at radius 2 is 1.86 bits per heavy atom. The molecule has 0 unspecified atom stereocenters. The molecule has 0 radical (unpaired) electrons. The van der Waals surface area contributed by atoms with E-state index in [2.05, 4.69) is 31.8 Å². The Morgan fingerprint density at radius 1 is 1.14 bits per heavy atom. The first kappa shape index (κ1) is 15.2. The van der Waals surface area contributed by atoms with E-state index in [1.165, 1.54) is 5.56 Å². The van der Waals surface area contributed by atoms with Gasteiger partial charge in [-0.25, -0.2) is 0 Å². The Labute approximate surface area is 126 Å². The molecule has 0 aliphatic heterocycles. The predicted octanol–water partition coefficient (Wildman–Crippen LogP) is 3.92. The monoisotopic (exact) mass is 283 g/mol. The molecule has 21 heavy (non-hydrogen) atoms. The first-order valence-electron chi connectivity index (χ1n) is 7.15. The van der Waals surface area contributed by atoms with Gasteiger partial charge < -0.3 is 4.74 Å². The van der Waals surface area contributed by atoms with Crippen molar-refractivity contribution in [3.63, 3.8) is 0 Å². The van der Waals surface area contributed by atoms with E-state index >= 15 is 0 Å². The second-order valence-corrected chi connectivity index (χ2v) is 6.12. The molecule has 0 bridgehead atoms. The van der Waals surface area contributed by atoms with Gasteiger partial charge in [0.05, 0.1) is 6.42 Å². The fourth-order valence-electron chi connectivity index (χ4n) is 1.95. The van der Waals surface area contributed by atoms with Crippen molar-refractivity contribution >= 4 is 5.97 Å². The fraction of sp³-hybridized carbons (Fsp3) is 0.333. The minimum absolute atomic E-state index is 0.0631. The molecule has 0 atom stereocenters. The number of carbonyl (C=O) groups excluding carboxylic acids is 1. The Kier molecular flexibility index (Phi) is 4.73. The Hall–Kier alpha value is -2.16. The van der Waals surface area contributed by atoms with Gasteiger partial charge in [0, 0.05) is 12.4 Å². The van der Waals surface area contributed by atoms with E-state index in [1.807, 2.05) is 30.6 Å². The van der Waals surface area contributed by atoms with Crippen molar-refractivity contribution < 1.29 is 9.53 Å². The van der Waals surface area contributed by atoms with Crippen LogP contribution in [0.15, 0.2) is 48.8 Å². The molecule has 0 saturated carbocycles. The molecule has 0 N–H and O–H groups in total. The number of ether oxygens (including phenoxy) is 1. The van der Waals surface area contributed by atoms with E-state index in [0.717, 1.165) is 5.56 Å². The number of hydrogen-bond acceptors (Lipinski definition) is 3. The van der Waals surface area contributed by atoms with E-state index in [9.17, 15) is 4.79 Å². The molecule has 2 rings (SSSR count). The smallest absolute Gasteiger partial charge is 0.311 e. The molecule has 2 aromatic rings. The summed E-state index contributed by atoms with van der Waals surface area (Å²) in [4.78, 5) is 16.1. The van der Waals surface area contributed by atoms with Gasteiger partial charge in [0.25, 0.3) is 0 Å². The van der Waals surface area contributed by atoms with E-state index in [1.54, 1.807) is 12.1 Å². The number of esters is 1. The van der Waals surface area contributed by atoms with Gasteiger partial charge in [0.2, 0.25) is 0 Å². The highest BCUT2D eigenvalue weighted by atomic mass is 16.5. The highest BCUT2D eigenvalue weighted by Gasteiger charge is 2.14. The number of rotatable bonds is 4. The summed E-state index contributed by atoms with van der Waals surface area (Å²) < 4.78 is 5.27. The Bertz CT molecular complexity index is 600. The number of benzene rings is 1. The number of aromatic nitrogens is 1. The number of aryl methyl sites for hydroxylation is 1. The van der Waals surface area contributed by atoms with Gasteiger partial charge in [0.15, 0.2) is 0 Å². The molecular weight excluding hydrogens is 262 g/mol. The van der Waals surface area contributed by atoms with Crippen molar-refractivity contribution in [1.82, 2.24) is 4.98 Å². The number of pyridine rings is 1. The average molecular weight is 283 g/mol. The van der Waals surface area contributed by atoms with Crippen LogP contribution in [0, 0.1) is 0 Å². The van der Waals surface area contributed by atoms with Crippen LogP contribution in [-0.4, -0.2) is 11.0 Å². The summed E-state index contributed by atoms with van der Waals surface area (Å²) in [5.41, 5.74) is 2.30. The Morgan fingerprint density at radius 3 is 2.52 bits per heavy atom. The third kappa shape index (κ3) is 4.71. The molecule has 3 nitrogen and oxygen atoms in total. The molecule has 0 spiro atoms. The SMILES string of the molecule is CC(C)(C)c1cncc(CCC(=O)Oc2ccccc2)c1. The lowest BCUT2D eigenvalue weighted by molar-refractivity contribution is -0.134. The lowest BCUT2D eigenvalue weighted by Crippen LogP contribution is -2.13. The maximum absolute atomic E-state index is 11.8. The van der Waals surface area contributed by atoms with Crippen LogP contribution in [0.1, 0.15) is 38.3 Å². The normalized spacial score (nSPS) is 11.2. The van der Waals surface area contributed by atoms with E-state index in [0.29, 0.717) is 18.6 Å². The molecule has 0 aliphatic carbocycles. The van der Waals surface area contributed by atoms with Crippen LogP contribution in [0.5, 0.6) is 5.75 Å². The minimum Gasteiger partial charge on any atom is -0.427 e. The van der Waals surface area contributed by atoms with E-state index < -0.39 is 0 Å². The molecule has 3 heteroatoms. The van der Waals surface area contributed by atoms with Gasteiger partial charge in [-0.1, -0.05) is 45.0 Å². The molecule has 0 fully saturated rings. The van der Waals surface area contributed by atoms with Crippen molar-refractivity contribution in [3.8, 4) is 5.75 Å². The number of carbonyl (C=O) groups is 1. The minimum atomic E-state index is -0.220. The molecular formula is C18H21NO2. The van der Waals surface area contributed by atoms with Crippen molar-refractivity contribution in [2.75, 3.05) is 0 Å². The lowest BCUT2D eigenvalue weighted by atomic mass is 9.87. The van der Waals surface area contributed by atoms with Crippen molar-refractivity contribution in [1.29, 1.82) is 0 Å². The summed E-state index contributed by atoms with van der Waals surface area (Å²) in [6.45, 7) is 6.45. The van der Waals surface area contributed by atoms with E-state index in [-0.39, 0.29) is 11.4 Å². The summed E-state index contributed by atoms with van der Waals surface area (Å²) >= 11 is 0. The van der Waals surface area contributed by atoms with Gasteiger partial charge >= 0.3 is 5.97 Å². The largest absolute Gasteiger partial charge is 0.427 e. The van der Waals surface area contributed by atoms with Crippen LogP contribution in [0.2, 0.25) is 0 Å². The second-order valence-electron chi connectivity index (χ2n) is 6.12. The quantitative estimate of drug-likeness (QED) is 0.630. The summed E-state index contributed by atoms with van der Waals surface area (Å²) in [6, 6.07) is 11.3. The molecule has 1 aromatic carbocycles. The number of nitrogens with zero attached hydrogens (tertiary/aromatic N) is 1. The molecule has 0 amide bonds. The highest BCUT2D eigenvalue weighted by Crippen LogP contribution is 2.22. The summed E-state index contributed by atoms with van der Waals surface area (Å²) in [5.74, 6) is 0.367. The Balaban J connectivity index is 1.92. The summed E-state index contributed by atoms with van der Waals surface area (Å²) in [6.07, 6.45) is 4.68. The zero-order valence-electron chi connectivity index (χ0n) is 12.8. The molecule has 1 heterocycles. The fourth-order valence-corrected chi connectivity index (χ4v) is 1.95. The first-order chi connectivity index (χ1) is 9.95. The summed E-state index contributed by atoms with van der Waals surface area (Å²) in [5, 5.41) is 0. The molecule has 0 aliphatic rings. The van der Waals surface area contributed by atoms with Gasteiger partial charge in [0.1, 0.15) is 5.75 Å². The number of hydrogen-bond donors (Lipinski definition) is 0. The van der Waals surface area contributed by atoms with Gasteiger partial charge in [-0.15, -0.1) is 0 Å². The predicted molar refractivity (Wildman–Crippen MR) is 83.3 cm³/mol. The van der Waals surface area contributed by atoms with Crippen LogP contribution in [0.4, 0.5) is 0 Å². The van der Waals surface area contributed by atoms with Crippen molar-refractivity contribution in [2.45, 2.75) is 39.0 Å². The van der Waals surface area contributed by atoms with Crippen LogP contribution in [0.25, 0.3) is 0 Å². The highest BCUT2D eigenvalue weighted by molar-refractivity contribution is 5.72. The zero-order chi connectivity index (χ0) is 15.3. The maximum Gasteiger partial charge on any atom is 0.311 e. The van der Waals surface area contributed by atoms with Gasteiger partial charge in [-0.3, -0.25) is 9.78 Å². The third-order valence-electron chi connectivity index (χ3n) is 3.25. The maximum atomic E-state index is 11.8. The zero-order valence-corrected chi connectivity index (χ0v) is 12.8. The molecule has 1 aromatic heterocycles. The van der Waals surface area contributed by atoms with Gasteiger partial charge in [-0.05, 0) is 35.1 Å². The van der Waals surface area contributed by atoms with Crippen LogP contribution in [-0.2, 0) is 16.6 Å². The summed E-state index contributed by atoms with van der Waals surface area (Å²) in [7, 11) is 0. The van der Waals surface area contributed by atoms with Crippen molar-refractivity contribution in [3.05, 3.63) is 59.9 Å². The van der Waals surface area contributed by atoms with E-state index in [4.69, 9.17) is 4.74 Å². The van der Waals surface area contributed by atoms with Crippen LogP contribution in [0.3, 0.4) is 0 Å². The van der Waals surface area contributed by atoms with Crippen LogP contribution < -0.4 is 4.74 Å². The second kappa shape index (κ2) is 6.53. The number of para-hydroxylation sites is 1. The first-order valence-corrected chi connectivity index (χ1v) is 7.15. The molecule has 0 saturated heterocycles. The lowest BCUT2D eigenvalue weighted by Gasteiger charge is -2.19. The molecule has 110 valence electrons. The van der Waals surface area contributed by atoms with Crippen molar-refractivity contribution in [2.24, 2.45) is 0 Å². The topological polar surface area (TPSA) is 39.2 Å². The standard InChI is InChI=1S/C18H21NO2/c1-18(2,3)15-11-14(12-19-13-15)9-10-17(20)21-16-7-5-4-6-8-16/h4-8,11-13H,9-10H2,1-3H3. The third-order valence-corrected chi connectivity index (χ3v) is 3.25.